The van der Waals surface area contributed by atoms with Crippen molar-refractivity contribution in [2.45, 2.75) is 24.8 Å². The summed E-state index contributed by atoms with van der Waals surface area (Å²) in [5.41, 5.74) is 10.6. The van der Waals surface area contributed by atoms with E-state index in [1.165, 1.54) is 0 Å². The molecule has 0 unspecified atom stereocenters. The Labute approximate surface area is 157 Å². The van der Waals surface area contributed by atoms with Crippen LogP contribution in [0.1, 0.15) is 27.3 Å². The van der Waals surface area contributed by atoms with Gasteiger partial charge in [0, 0.05) is 22.7 Å². The van der Waals surface area contributed by atoms with Crippen molar-refractivity contribution in [3.63, 3.8) is 0 Å². The van der Waals surface area contributed by atoms with Gasteiger partial charge in [-0.05, 0) is 49.7 Å². The van der Waals surface area contributed by atoms with Crippen LogP contribution in [0.25, 0.3) is 0 Å². The summed E-state index contributed by atoms with van der Waals surface area (Å²) < 4.78 is 0. The fourth-order valence-corrected chi connectivity index (χ4v) is 3.37. The second-order valence-corrected chi connectivity index (χ2v) is 6.90. The number of carbonyl (C=O) groups excluding carboxylic acids is 1. The van der Waals surface area contributed by atoms with Gasteiger partial charge in [-0.25, -0.2) is 9.97 Å². The van der Waals surface area contributed by atoms with Gasteiger partial charge in [0.25, 0.3) is 5.91 Å². The first-order valence-corrected chi connectivity index (χ1v) is 9.20. The Morgan fingerprint density at radius 3 is 2.35 bits per heavy atom. The van der Waals surface area contributed by atoms with Crippen LogP contribution in [-0.4, -0.2) is 15.9 Å². The van der Waals surface area contributed by atoms with Gasteiger partial charge >= 0.3 is 0 Å². The highest BCUT2D eigenvalue weighted by atomic mass is 32.2. The third-order valence-electron chi connectivity index (χ3n) is 3.75. The number of rotatable bonds is 5. The molecule has 0 bridgehead atoms. The number of thioether (sulfide) groups is 1. The van der Waals surface area contributed by atoms with E-state index in [4.69, 9.17) is 5.73 Å². The number of nitrogens with zero attached hydrogens (tertiary/aromatic N) is 2. The van der Waals surface area contributed by atoms with Crippen molar-refractivity contribution in [2.24, 2.45) is 0 Å². The zero-order valence-corrected chi connectivity index (χ0v) is 15.5. The molecule has 0 fully saturated rings. The predicted octanol–water partition coefficient (Wildman–Crippen LogP) is 4.22. The maximum atomic E-state index is 12.3. The van der Waals surface area contributed by atoms with Gasteiger partial charge in [-0.3, -0.25) is 4.79 Å². The first kappa shape index (κ1) is 17.9. The van der Waals surface area contributed by atoms with Crippen LogP contribution in [0.3, 0.4) is 0 Å². The van der Waals surface area contributed by atoms with Crippen LogP contribution in [0.4, 0.5) is 11.4 Å². The summed E-state index contributed by atoms with van der Waals surface area (Å²) in [6.07, 6.45) is 0. The van der Waals surface area contributed by atoms with Gasteiger partial charge in [0.1, 0.15) is 0 Å². The molecule has 2 aromatic carbocycles. The maximum absolute atomic E-state index is 12.3. The number of para-hydroxylation sites is 2. The minimum atomic E-state index is -0.181. The Morgan fingerprint density at radius 2 is 1.69 bits per heavy atom. The van der Waals surface area contributed by atoms with Crippen LogP contribution < -0.4 is 11.1 Å². The molecule has 5 nitrogen and oxygen atoms in total. The number of hydrogen-bond acceptors (Lipinski definition) is 5. The molecule has 6 heteroatoms. The molecule has 1 aromatic heterocycles. The lowest BCUT2D eigenvalue weighted by Gasteiger charge is -2.08. The van der Waals surface area contributed by atoms with Gasteiger partial charge in [-0.15, -0.1) is 0 Å². The van der Waals surface area contributed by atoms with E-state index in [1.807, 2.05) is 56.3 Å². The first-order chi connectivity index (χ1) is 12.5. The van der Waals surface area contributed by atoms with Crippen LogP contribution in [-0.2, 0) is 5.75 Å². The second kappa shape index (κ2) is 8.01. The number of nitrogens with one attached hydrogen (secondary N) is 1. The summed E-state index contributed by atoms with van der Waals surface area (Å²) >= 11 is 1.58. The third-order valence-corrected chi connectivity index (χ3v) is 4.67. The van der Waals surface area contributed by atoms with E-state index in [0.29, 0.717) is 16.9 Å². The van der Waals surface area contributed by atoms with Crippen molar-refractivity contribution in [2.75, 3.05) is 11.1 Å². The number of aromatic nitrogens is 2. The minimum Gasteiger partial charge on any atom is -0.397 e. The Morgan fingerprint density at radius 1 is 1.04 bits per heavy atom. The first-order valence-electron chi connectivity index (χ1n) is 8.21. The molecule has 0 aliphatic rings. The largest absolute Gasteiger partial charge is 0.397 e. The normalized spacial score (nSPS) is 10.5. The zero-order chi connectivity index (χ0) is 18.5. The Bertz CT molecular complexity index is 905. The average Bonchev–Trinajstić information content (AvgIpc) is 2.61. The van der Waals surface area contributed by atoms with Crippen LogP contribution in [0.2, 0.25) is 0 Å². The molecule has 26 heavy (non-hydrogen) atoms. The minimum absolute atomic E-state index is 0.181. The van der Waals surface area contributed by atoms with Gasteiger partial charge in [-0.1, -0.05) is 36.0 Å². The number of carbonyl (C=O) groups is 1. The molecule has 3 N–H and O–H groups in total. The standard InChI is InChI=1S/C20H20N4OS/c1-13-11-14(2)23-20(22-13)26-12-15-7-9-16(10-8-15)19(25)24-18-6-4-3-5-17(18)21/h3-11H,12,21H2,1-2H3,(H,24,25). The van der Waals surface area contributed by atoms with E-state index in [2.05, 4.69) is 15.3 Å². The molecule has 3 aromatic rings. The highest BCUT2D eigenvalue weighted by molar-refractivity contribution is 7.98. The van der Waals surface area contributed by atoms with E-state index in [0.717, 1.165) is 27.9 Å². The summed E-state index contributed by atoms with van der Waals surface area (Å²) in [6, 6.07) is 16.7. The second-order valence-electron chi connectivity index (χ2n) is 5.96. The number of aryl methyl sites for hydroxylation is 2. The molecule has 0 spiro atoms. The van der Waals surface area contributed by atoms with Crippen molar-refractivity contribution in [1.29, 1.82) is 0 Å². The number of benzene rings is 2. The summed E-state index contributed by atoms with van der Waals surface area (Å²) in [7, 11) is 0. The number of nitrogens with two attached hydrogens (primary N) is 1. The van der Waals surface area contributed by atoms with E-state index >= 15 is 0 Å². The van der Waals surface area contributed by atoms with Gasteiger partial charge in [0.2, 0.25) is 0 Å². The van der Waals surface area contributed by atoms with Crippen LogP contribution in [0.5, 0.6) is 0 Å². The molecule has 0 radical (unpaired) electrons. The molecule has 0 aliphatic heterocycles. The Balaban J connectivity index is 1.62. The molecule has 1 amide bonds. The third kappa shape index (κ3) is 4.61. The molecule has 0 atom stereocenters. The molecular formula is C20H20N4OS. The highest BCUT2D eigenvalue weighted by Crippen LogP contribution is 2.21. The predicted molar refractivity (Wildman–Crippen MR) is 106 cm³/mol. The molecule has 132 valence electrons. The topological polar surface area (TPSA) is 80.9 Å². The zero-order valence-electron chi connectivity index (χ0n) is 14.7. The van der Waals surface area contributed by atoms with Crippen LogP contribution >= 0.6 is 11.8 Å². The van der Waals surface area contributed by atoms with Gasteiger partial charge in [0.15, 0.2) is 5.16 Å². The SMILES string of the molecule is Cc1cc(C)nc(SCc2ccc(C(=O)Nc3ccccc3N)cc2)n1. The van der Waals surface area contributed by atoms with Crippen molar-refractivity contribution in [1.82, 2.24) is 9.97 Å². The smallest absolute Gasteiger partial charge is 0.255 e. The maximum Gasteiger partial charge on any atom is 0.255 e. The number of amides is 1. The summed E-state index contributed by atoms with van der Waals surface area (Å²) in [5.74, 6) is 0.566. The van der Waals surface area contributed by atoms with Crippen molar-refractivity contribution < 1.29 is 4.79 Å². The highest BCUT2D eigenvalue weighted by Gasteiger charge is 2.08. The summed E-state index contributed by atoms with van der Waals surface area (Å²) in [6.45, 7) is 3.93. The van der Waals surface area contributed by atoms with Crippen LogP contribution in [0.15, 0.2) is 59.8 Å². The lowest BCUT2D eigenvalue weighted by atomic mass is 10.1. The van der Waals surface area contributed by atoms with Crippen molar-refractivity contribution >= 4 is 29.0 Å². The molecule has 0 aliphatic carbocycles. The molecule has 0 saturated heterocycles. The van der Waals surface area contributed by atoms with E-state index < -0.39 is 0 Å². The average molecular weight is 364 g/mol. The lowest BCUT2D eigenvalue weighted by Crippen LogP contribution is -2.13. The molecule has 3 rings (SSSR count). The van der Waals surface area contributed by atoms with E-state index in [9.17, 15) is 4.79 Å². The van der Waals surface area contributed by atoms with Gasteiger partial charge < -0.3 is 11.1 Å². The fourth-order valence-electron chi connectivity index (χ4n) is 2.46. The lowest BCUT2D eigenvalue weighted by molar-refractivity contribution is 0.102. The van der Waals surface area contributed by atoms with Crippen LogP contribution in [0, 0.1) is 13.8 Å². The molecule has 0 saturated carbocycles. The van der Waals surface area contributed by atoms with E-state index in [-0.39, 0.29) is 5.91 Å². The quantitative estimate of drug-likeness (QED) is 0.402. The van der Waals surface area contributed by atoms with E-state index in [1.54, 1.807) is 23.9 Å². The van der Waals surface area contributed by atoms with Gasteiger partial charge in [-0.2, -0.15) is 0 Å². The summed E-state index contributed by atoms with van der Waals surface area (Å²) in [4.78, 5) is 21.2. The Hall–Kier alpha value is -2.86. The van der Waals surface area contributed by atoms with Crippen molar-refractivity contribution in [3.8, 4) is 0 Å². The summed E-state index contributed by atoms with van der Waals surface area (Å²) in [5, 5.41) is 3.59. The number of nitrogen functional groups attached to an aromatic ring is 1. The Kier molecular flexibility index (Phi) is 5.53. The monoisotopic (exact) mass is 364 g/mol. The molecule has 1 heterocycles. The van der Waals surface area contributed by atoms with Crippen molar-refractivity contribution in [3.05, 3.63) is 77.1 Å². The molecular weight excluding hydrogens is 344 g/mol. The fraction of sp³-hybridized carbons (Fsp3) is 0.150. The number of hydrogen-bond donors (Lipinski definition) is 2. The number of anilines is 2. The van der Waals surface area contributed by atoms with Gasteiger partial charge in [0.05, 0.1) is 11.4 Å².